The highest BCUT2D eigenvalue weighted by Gasteiger charge is 2.29. The number of fused-ring (bicyclic) bond motifs is 1. The Morgan fingerprint density at radius 2 is 1.92 bits per heavy atom. The zero-order valence-corrected chi connectivity index (χ0v) is 14.4. The lowest BCUT2D eigenvalue weighted by molar-refractivity contribution is 0.0414. The van der Waals surface area contributed by atoms with Crippen molar-refractivity contribution in [2.75, 3.05) is 13.2 Å². The van der Waals surface area contributed by atoms with E-state index >= 15 is 0 Å². The number of esters is 1. The van der Waals surface area contributed by atoms with E-state index in [1.807, 2.05) is 6.92 Å². The van der Waals surface area contributed by atoms with E-state index in [2.05, 4.69) is 0 Å². The molecule has 1 aliphatic heterocycles. The van der Waals surface area contributed by atoms with Crippen LogP contribution in [-0.4, -0.2) is 27.6 Å². The Kier molecular flexibility index (Phi) is 4.62. The highest BCUT2D eigenvalue weighted by molar-refractivity contribution is 7.86. The molecule has 0 saturated carbocycles. The Balaban J connectivity index is 1.79. The average molecular weight is 367 g/mol. The molecule has 0 radical (unpaired) electrons. The molecule has 1 unspecified atom stereocenters. The van der Waals surface area contributed by atoms with Crippen molar-refractivity contribution in [3.05, 3.63) is 64.2 Å². The number of ether oxygens (including phenoxy) is 1. The first kappa shape index (κ1) is 17.0. The Bertz CT molecular complexity index is 874. The molecule has 126 valence electrons. The van der Waals surface area contributed by atoms with Gasteiger partial charge < -0.3 is 4.74 Å². The normalized spacial score (nSPS) is 17.2. The van der Waals surface area contributed by atoms with Gasteiger partial charge >= 0.3 is 5.97 Å². The number of aryl methyl sites for hydroxylation is 1. The highest BCUT2D eigenvalue weighted by Crippen LogP contribution is 2.30. The number of cyclic esters (lactones) is 1. The third kappa shape index (κ3) is 3.45. The zero-order valence-electron chi connectivity index (χ0n) is 12.9. The van der Waals surface area contributed by atoms with Gasteiger partial charge in [0, 0.05) is 10.9 Å². The molecule has 2 aromatic carbocycles. The summed E-state index contributed by atoms with van der Waals surface area (Å²) in [6, 6.07) is 11.3. The molecule has 1 atom stereocenters. The number of carbonyl (C=O) groups is 1. The molecule has 0 amide bonds. The van der Waals surface area contributed by atoms with Gasteiger partial charge in [-0.3, -0.25) is 4.18 Å². The number of hydrogen-bond donors (Lipinski definition) is 0. The Hall–Kier alpha value is -1.89. The molecular weight excluding hydrogens is 352 g/mol. The van der Waals surface area contributed by atoms with E-state index in [4.69, 9.17) is 20.5 Å². The van der Waals surface area contributed by atoms with Crippen molar-refractivity contribution < 1.29 is 22.1 Å². The molecular formula is C17H15ClO5S. The standard InChI is InChI=1S/C17H15ClO5S/c1-11-2-5-14(6-3-11)24(20,21)23-10-12-9-22-17(19)16-8-13(18)4-7-15(12)16/h2-8,12H,9-10H2,1H3. The van der Waals surface area contributed by atoms with Gasteiger partial charge in [0.25, 0.3) is 10.1 Å². The summed E-state index contributed by atoms with van der Waals surface area (Å²) in [7, 11) is -3.87. The van der Waals surface area contributed by atoms with Gasteiger partial charge in [-0.15, -0.1) is 0 Å². The van der Waals surface area contributed by atoms with Crippen LogP contribution in [0.1, 0.15) is 27.4 Å². The summed E-state index contributed by atoms with van der Waals surface area (Å²) < 4.78 is 34.8. The third-order valence-corrected chi connectivity index (χ3v) is 5.36. The molecule has 0 bridgehead atoms. The third-order valence-electron chi connectivity index (χ3n) is 3.82. The lowest BCUT2D eigenvalue weighted by Crippen LogP contribution is -2.26. The first-order chi connectivity index (χ1) is 11.4. The monoisotopic (exact) mass is 366 g/mol. The SMILES string of the molecule is Cc1ccc(S(=O)(=O)OCC2COC(=O)c3cc(Cl)ccc32)cc1. The van der Waals surface area contributed by atoms with Crippen LogP contribution in [0.5, 0.6) is 0 Å². The van der Waals surface area contributed by atoms with Crippen LogP contribution in [0.3, 0.4) is 0 Å². The van der Waals surface area contributed by atoms with E-state index in [0.29, 0.717) is 16.1 Å². The van der Waals surface area contributed by atoms with Crippen molar-refractivity contribution in [3.63, 3.8) is 0 Å². The van der Waals surface area contributed by atoms with Crippen molar-refractivity contribution in [2.45, 2.75) is 17.7 Å². The quantitative estimate of drug-likeness (QED) is 0.613. The summed E-state index contributed by atoms with van der Waals surface area (Å²) in [5, 5.41) is 0.416. The molecule has 0 saturated heterocycles. The second kappa shape index (κ2) is 6.55. The van der Waals surface area contributed by atoms with E-state index in [1.54, 1.807) is 24.3 Å². The van der Waals surface area contributed by atoms with E-state index < -0.39 is 16.1 Å². The lowest BCUT2D eigenvalue weighted by Gasteiger charge is -2.24. The summed E-state index contributed by atoms with van der Waals surface area (Å²) in [6.45, 7) is 1.82. The van der Waals surface area contributed by atoms with Crippen molar-refractivity contribution in [1.29, 1.82) is 0 Å². The fourth-order valence-electron chi connectivity index (χ4n) is 2.49. The Morgan fingerprint density at radius 1 is 1.21 bits per heavy atom. The molecule has 0 aliphatic carbocycles. The summed E-state index contributed by atoms with van der Waals surface area (Å²) in [5.74, 6) is -0.833. The Morgan fingerprint density at radius 3 is 2.62 bits per heavy atom. The fourth-order valence-corrected chi connectivity index (χ4v) is 3.61. The molecule has 1 aliphatic rings. The topological polar surface area (TPSA) is 69.7 Å². The van der Waals surface area contributed by atoms with Crippen LogP contribution in [-0.2, 0) is 19.0 Å². The molecule has 0 N–H and O–H groups in total. The van der Waals surface area contributed by atoms with Crippen LogP contribution in [0.15, 0.2) is 47.4 Å². The lowest BCUT2D eigenvalue weighted by atomic mass is 9.93. The van der Waals surface area contributed by atoms with Crippen molar-refractivity contribution in [3.8, 4) is 0 Å². The van der Waals surface area contributed by atoms with Gasteiger partial charge in [-0.1, -0.05) is 35.4 Å². The largest absolute Gasteiger partial charge is 0.461 e. The summed E-state index contributed by atoms with van der Waals surface area (Å²) in [5.41, 5.74) is 1.98. The first-order valence-electron chi connectivity index (χ1n) is 7.29. The predicted octanol–water partition coefficient (Wildman–Crippen LogP) is 3.31. The average Bonchev–Trinajstić information content (AvgIpc) is 2.55. The van der Waals surface area contributed by atoms with E-state index in [9.17, 15) is 13.2 Å². The second-order valence-corrected chi connectivity index (χ2v) is 7.63. The van der Waals surface area contributed by atoms with Gasteiger partial charge in [0.15, 0.2) is 0 Å². The first-order valence-corrected chi connectivity index (χ1v) is 9.08. The number of halogens is 1. The maximum absolute atomic E-state index is 12.3. The minimum atomic E-state index is -3.87. The predicted molar refractivity (Wildman–Crippen MR) is 88.8 cm³/mol. The van der Waals surface area contributed by atoms with Gasteiger partial charge in [0.05, 0.1) is 17.1 Å². The minimum Gasteiger partial charge on any atom is -0.461 e. The van der Waals surface area contributed by atoms with Gasteiger partial charge in [-0.2, -0.15) is 8.42 Å². The van der Waals surface area contributed by atoms with E-state index in [0.717, 1.165) is 5.56 Å². The maximum Gasteiger partial charge on any atom is 0.338 e. The smallest absolute Gasteiger partial charge is 0.338 e. The van der Waals surface area contributed by atoms with Crippen LogP contribution in [0.4, 0.5) is 0 Å². The number of carbonyl (C=O) groups excluding carboxylic acids is 1. The molecule has 0 spiro atoms. The van der Waals surface area contributed by atoms with Gasteiger partial charge in [0.2, 0.25) is 0 Å². The summed E-state index contributed by atoms with van der Waals surface area (Å²) in [4.78, 5) is 11.9. The number of rotatable bonds is 4. The van der Waals surface area contributed by atoms with Crippen LogP contribution in [0, 0.1) is 6.92 Å². The van der Waals surface area contributed by atoms with Crippen molar-refractivity contribution in [1.82, 2.24) is 0 Å². The molecule has 24 heavy (non-hydrogen) atoms. The van der Waals surface area contributed by atoms with Gasteiger partial charge in [0.1, 0.15) is 6.61 Å². The van der Waals surface area contributed by atoms with Crippen LogP contribution in [0.25, 0.3) is 0 Å². The molecule has 5 nitrogen and oxygen atoms in total. The summed E-state index contributed by atoms with van der Waals surface area (Å²) >= 11 is 5.90. The van der Waals surface area contributed by atoms with Crippen molar-refractivity contribution >= 4 is 27.7 Å². The van der Waals surface area contributed by atoms with Crippen molar-refractivity contribution in [2.24, 2.45) is 0 Å². The van der Waals surface area contributed by atoms with Crippen LogP contribution < -0.4 is 0 Å². The molecule has 2 aromatic rings. The van der Waals surface area contributed by atoms with E-state index in [-0.39, 0.29) is 24.0 Å². The maximum atomic E-state index is 12.3. The molecule has 7 heteroatoms. The number of hydrogen-bond acceptors (Lipinski definition) is 5. The fraction of sp³-hybridized carbons (Fsp3) is 0.235. The molecule has 0 aromatic heterocycles. The molecule has 3 rings (SSSR count). The van der Waals surface area contributed by atoms with Crippen LogP contribution in [0.2, 0.25) is 5.02 Å². The molecule has 1 heterocycles. The Labute approximate surface area is 145 Å². The van der Waals surface area contributed by atoms with Crippen LogP contribution >= 0.6 is 11.6 Å². The highest BCUT2D eigenvalue weighted by atomic mass is 35.5. The minimum absolute atomic E-state index is 0.0664. The molecule has 0 fully saturated rings. The summed E-state index contributed by atoms with van der Waals surface area (Å²) in [6.07, 6.45) is 0. The van der Waals surface area contributed by atoms with Gasteiger partial charge in [-0.25, -0.2) is 4.79 Å². The zero-order chi connectivity index (χ0) is 17.3. The van der Waals surface area contributed by atoms with E-state index in [1.165, 1.54) is 18.2 Å². The second-order valence-electron chi connectivity index (χ2n) is 5.58. The van der Waals surface area contributed by atoms with Gasteiger partial charge in [-0.05, 0) is 36.8 Å². The number of benzene rings is 2.